The quantitative estimate of drug-likeness (QED) is 0.473. The highest BCUT2D eigenvalue weighted by molar-refractivity contribution is 5.72. The van der Waals surface area contributed by atoms with Crippen molar-refractivity contribution in [3.05, 3.63) is 52.8 Å². The number of aromatic nitrogens is 1. The van der Waals surface area contributed by atoms with Crippen LogP contribution in [0.3, 0.4) is 0 Å². The van der Waals surface area contributed by atoms with Gasteiger partial charge in [0.2, 0.25) is 0 Å². The van der Waals surface area contributed by atoms with E-state index in [0.717, 1.165) is 11.1 Å². The van der Waals surface area contributed by atoms with Gasteiger partial charge < -0.3 is 5.73 Å². The fraction of sp³-hybridized carbons (Fsp3) is 0. The Bertz CT molecular complexity index is 526. The third-order valence-corrected chi connectivity index (χ3v) is 2.24. The molecule has 0 radical (unpaired) electrons. The van der Waals surface area contributed by atoms with Crippen LogP contribution in [0.4, 0.5) is 11.4 Å². The molecule has 0 atom stereocenters. The van der Waals surface area contributed by atoms with E-state index in [2.05, 4.69) is 4.98 Å². The number of hydrogen-bond acceptors (Lipinski definition) is 4. The first-order chi connectivity index (χ1) is 7.68. The minimum atomic E-state index is -0.494. The van der Waals surface area contributed by atoms with Gasteiger partial charge in [0.1, 0.15) is 5.69 Å². The van der Waals surface area contributed by atoms with Gasteiger partial charge in [-0.05, 0) is 35.4 Å². The second kappa shape index (κ2) is 3.98. The van der Waals surface area contributed by atoms with Crippen LogP contribution in [0.2, 0.25) is 0 Å². The lowest BCUT2D eigenvalue weighted by atomic mass is 10.1. The lowest BCUT2D eigenvalue weighted by Crippen LogP contribution is -1.95. The smallest absolute Gasteiger partial charge is 0.292 e. The predicted octanol–water partition coefficient (Wildman–Crippen LogP) is 2.24. The normalized spacial score (nSPS) is 10.0. The number of hydrogen-bond donors (Lipinski definition) is 1. The summed E-state index contributed by atoms with van der Waals surface area (Å²) in [5.74, 6) is 0. The number of nitrogen functional groups attached to an aromatic ring is 1. The van der Waals surface area contributed by atoms with Crippen LogP contribution in [0.15, 0.2) is 42.7 Å². The Kier molecular flexibility index (Phi) is 2.51. The van der Waals surface area contributed by atoms with Crippen molar-refractivity contribution in [3.8, 4) is 11.1 Å². The third kappa shape index (κ3) is 1.83. The van der Waals surface area contributed by atoms with Crippen LogP contribution in [0.25, 0.3) is 11.1 Å². The molecule has 16 heavy (non-hydrogen) atoms. The molecule has 80 valence electrons. The number of pyridine rings is 1. The Morgan fingerprint density at radius 1 is 1.12 bits per heavy atom. The van der Waals surface area contributed by atoms with Crippen LogP contribution in [0, 0.1) is 10.1 Å². The Morgan fingerprint density at radius 3 is 2.38 bits per heavy atom. The van der Waals surface area contributed by atoms with Gasteiger partial charge in [0.15, 0.2) is 0 Å². The number of nitro benzene ring substituents is 1. The maximum atomic E-state index is 10.6. The molecule has 2 rings (SSSR count). The molecule has 0 aliphatic rings. The number of nitro groups is 1. The van der Waals surface area contributed by atoms with Gasteiger partial charge in [-0.3, -0.25) is 15.1 Å². The molecule has 0 bridgehead atoms. The van der Waals surface area contributed by atoms with Crippen LogP contribution < -0.4 is 5.73 Å². The summed E-state index contributed by atoms with van der Waals surface area (Å²) in [5, 5.41) is 10.6. The Morgan fingerprint density at radius 2 is 1.81 bits per heavy atom. The molecule has 1 aromatic carbocycles. The summed E-state index contributed by atoms with van der Waals surface area (Å²) in [7, 11) is 0. The van der Waals surface area contributed by atoms with Gasteiger partial charge in [-0.15, -0.1) is 0 Å². The lowest BCUT2D eigenvalue weighted by molar-refractivity contribution is -0.383. The highest BCUT2D eigenvalue weighted by Crippen LogP contribution is 2.27. The zero-order valence-electron chi connectivity index (χ0n) is 8.33. The van der Waals surface area contributed by atoms with Crippen molar-refractivity contribution < 1.29 is 4.92 Å². The average Bonchev–Trinajstić information content (AvgIpc) is 2.29. The van der Waals surface area contributed by atoms with E-state index in [4.69, 9.17) is 5.73 Å². The van der Waals surface area contributed by atoms with Gasteiger partial charge in [-0.1, -0.05) is 0 Å². The lowest BCUT2D eigenvalue weighted by Gasteiger charge is -2.02. The van der Waals surface area contributed by atoms with Gasteiger partial charge >= 0.3 is 0 Å². The van der Waals surface area contributed by atoms with Crippen molar-refractivity contribution in [2.45, 2.75) is 0 Å². The molecule has 0 saturated carbocycles. The zero-order valence-corrected chi connectivity index (χ0v) is 8.33. The molecule has 1 heterocycles. The van der Waals surface area contributed by atoms with Gasteiger partial charge in [-0.2, -0.15) is 0 Å². The van der Waals surface area contributed by atoms with E-state index >= 15 is 0 Å². The van der Waals surface area contributed by atoms with Gasteiger partial charge in [0.05, 0.1) is 4.92 Å². The molecule has 0 amide bonds. The van der Waals surface area contributed by atoms with E-state index in [1.807, 2.05) is 12.1 Å². The summed E-state index contributed by atoms with van der Waals surface area (Å²) >= 11 is 0. The van der Waals surface area contributed by atoms with Crippen LogP contribution in [-0.2, 0) is 0 Å². The molecule has 5 heteroatoms. The maximum absolute atomic E-state index is 10.6. The fourth-order valence-corrected chi connectivity index (χ4v) is 1.44. The molecular formula is C11H9N3O2. The monoisotopic (exact) mass is 215 g/mol. The van der Waals surface area contributed by atoms with Gasteiger partial charge in [0, 0.05) is 18.5 Å². The van der Waals surface area contributed by atoms with Crippen molar-refractivity contribution in [2.24, 2.45) is 0 Å². The van der Waals surface area contributed by atoms with E-state index in [-0.39, 0.29) is 11.4 Å². The summed E-state index contributed by atoms with van der Waals surface area (Å²) in [6.45, 7) is 0. The number of rotatable bonds is 2. The number of nitrogens with two attached hydrogens (primary N) is 1. The summed E-state index contributed by atoms with van der Waals surface area (Å²) in [5.41, 5.74) is 7.46. The highest BCUT2D eigenvalue weighted by atomic mass is 16.6. The largest absolute Gasteiger partial charge is 0.393 e. The second-order valence-electron chi connectivity index (χ2n) is 3.27. The van der Waals surface area contributed by atoms with E-state index in [1.54, 1.807) is 24.5 Å². The molecule has 5 nitrogen and oxygen atoms in total. The van der Waals surface area contributed by atoms with Crippen molar-refractivity contribution in [3.63, 3.8) is 0 Å². The second-order valence-corrected chi connectivity index (χ2v) is 3.27. The first-order valence-electron chi connectivity index (χ1n) is 4.63. The number of benzene rings is 1. The van der Waals surface area contributed by atoms with E-state index in [0.29, 0.717) is 0 Å². The molecular weight excluding hydrogens is 206 g/mol. The zero-order chi connectivity index (χ0) is 11.5. The molecule has 0 saturated heterocycles. The first-order valence-corrected chi connectivity index (χ1v) is 4.63. The van der Waals surface area contributed by atoms with Crippen molar-refractivity contribution in [1.29, 1.82) is 0 Å². The topological polar surface area (TPSA) is 82.0 Å². The van der Waals surface area contributed by atoms with E-state index in [1.165, 1.54) is 6.07 Å². The molecule has 0 spiro atoms. The predicted molar refractivity (Wildman–Crippen MR) is 60.7 cm³/mol. The SMILES string of the molecule is Nc1cc(-c2ccncc2)ccc1[N+](=O)[O-]. The molecule has 0 fully saturated rings. The van der Waals surface area contributed by atoms with Crippen molar-refractivity contribution in [1.82, 2.24) is 4.98 Å². The highest BCUT2D eigenvalue weighted by Gasteiger charge is 2.11. The fourth-order valence-electron chi connectivity index (χ4n) is 1.44. The van der Waals surface area contributed by atoms with Crippen LogP contribution in [-0.4, -0.2) is 9.91 Å². The van der Waals surface area contributed by atoms with Crippen LogP contribution in [0.1, 0.15) is 0 Å². The molecule has 0 aliphatic carbocycles. The maximum Gasteiger partial charge on any atom is 0.292 e. The standard InChI is InChI=1S/C11H9N3O2/c12-10-7-9(1-2-11(10)14(15)16)8-3-5-13-6-4-8/h1-7H,12H2. The molecule has 2 aromatic rings. The van der Waals surface area contributed by atoms with Gasteiger partial charge in [-0.25, -0.2) is 0 Å². The van der Waals surface area contributed by atoms with Crippen molar-refractivity contribution >= 4 is 11.4 Å². The summed E-state index contributed by atoms with van der Waals surface area (Å²) in [4.78, 5) is 14.0. The summed E-state index contributed by atoms with van der Waals surface area (Å²) < 4.78 is 0. The Labute approximate surface area is 91.7 Å². The third-order valence-electron chi connectivity index (χ3n) is 2.24. The van der Waals surface area contributed by atoms with E-state index in [9.17, 15) is 10.1 Å². The van der Waals surface area contributed by atoms with Crippen LogP contribution in [0.5, 0.6) is 0 Å². The first kappa shape index (κ1) is 10.1. The summed E-state index contributed by atoms with van der Waals surface area (Å²) in [6.07, 6.45) is 3.32. The van der Waals surface area contributed by atoms with Crippen molar-refractivity contribution in [2.75, 3.05) is 5.73 Å². The molecule has 0 aliphatic heterocycles. The minimum Gasteiger partial charge on any atom is -0.393 e. The van der Waals surface area contributed by atoms with Gasteiger partial charge in [0.25, 0.3) is 5.69 Å². The number of anilines is 1. The number of nitrogens with zero attached hydrogens (tertiary/aromatic N) is 2. The molecule has 1 aromatic heterocycles. The Hall–Kier alpha value is -2.43. The van der Waals surface area contributed by atoms with Crippen LogP contribution >= 0.6 is 0 Å². The average molecular weight is 215 g/mol. The summed E-state index contributed by atoms with van der Waals surface area (Å²) in [6, 6.07) is 8.31. The van der Waals surface area contributed by atoms with E-state index < -0.39 is 4.92 Å². The minimum absolute atomic E-state index is 0.0715. The molecule has 0 unspecified atom stereocenters. The molecule has 2 N–H and O–H groups in total. The Balaban J connectivity index is 2.46.